The highest BCUT2D eigenvalue weighted by Gasteiger charge is 2.13. The summed E-state index contributed by atoms with van der Waals surface area (Å²) >= 11 is 6.14. The Balaban J connectivity index is 1.97. The van der Waals surface area contributed by atoms with Gasteiger partial charge in [0.2, 0.25) is 0 Å². The van der Waals surface area contributed by atoms with E-state index in [1.165, 1.54) is 0 Å². The highest BCUT2D eigenvalue weighted by atomic mass is 35.5. The van der Waals surface area contributed by atoms with Gasteiger partial charge in [0, 0.05) is 5.02 Å². The molecule has 0 saturated heterocycles. The quantitative estimate of drug-likeness (QED) is 0.784. The molecule has 1 atom stereocenters. The lowest BCUT2D eigenvalue weighted by Crippen LogP contribution is -2.31. The standard InChI is InChI=1S/C20H24ClNO4/c1-12-8-16(9-13(2)20(12)21)26-11-19(23)22-14(3)15-6-7-17(24-4)18(10-15)25-5/h6-10,14H,11H2,1-5H3,(H,22,23)/t14-/m1/s1. The van der Waals surface area contributed by atoms with Crippen molar-refractivity contribution in [2.24, 2.45) is 0 Å². The van der Waals surface area contributed by atoms with Crippen LogP contribution < -0.4 is 19.5 Å². The summed E-state index contributed by atoms with van der Waals surface area (Å²) in [5, 5.41) is 3.62. The van der Waals surface area contributed by atoms with Crippen molar-refractivity contribution in [1.82, 2.24) is 5.32 Å². The molecule has 6 heteroatoms. The number of rotatable bonds is 7. The second kappa shape index (κ2) is 8.81. The number of benzene rings is 2. The molecule has 0 aliphatic rings. The van der Waals surface area contributed by atoms with Gasteiger partial charge in [-0.2, -0.15) is 0 Å². The lowest BCUT2D eigenvalue weighted by atomic mass is 10.1. The number of hydrogen-bond donors (Lipinski definition) is 1. The minimum absolute atomic E-state index is 0.0713. The maximum Gasteiger partial charge on any atom is 0.258 e. The molecule has 0 spiro atoms. The molecule has 0 unspecified atom stereocenters. The molecule has 0 bridgehead atoms. The monoisotopic (exact) mass is 377 g/mol. The van der Waals surface area contributed by atoms with Crippen LogP contribution in [-0.4, -0.2) is 26.7 Å². The van der Waals surface area contributed by atoms with Crippen molar-refractivity contribution < 1.29 is 19.0 Å². The largest absolute Gasteiger partial charge is 0.493 e. The van der Waals surface area contributed by atoms with Gasteiger partial charge in [0.05, 0.1) is 20.3 Å². The first-order valence-electron chi connectivity index (χ1n) is 8.26. The number of halogens is 1. The van der Waals surface area contributed by atoms with Crippen LogP contribution in [0.1, 0.15) is 29.7 Å². The molecule has 2 aromatic rings. The zero-order valence-electron chi connectivity index (χ0n) is 15.7. The van der Waals surface area contributed by atoms with E-state index in [1.807, 2.05) is 51.1 Å². The van der Waals surface area contributed by atoms with Gasteiger partial charge in [0.1, 0.15) is 5.75 Å². The fourth-order valence-electron chi connectivity index (χ4n) is 2.63. The summed E-state index contributed by atoms with van der Waals surface area (Å²) in [5.74, 6) is 1.68. The van der Waals surface area contributed by atoms with Gasteiger partial charge in [-0.3, -0.25) is 4.79 Å². The zero-order valence-corrected chi connectivity index (χ0v) is 16.4. The molecule has 2 aromatic carbocycles. The Labute approximate surface area is 159 Å². The first-order valence-corrected chi connectivity index (χ1v) is 8.64. The molecule has 0 aromatic heterocycles. The van der Waals surface area contributed by atoms with Gasteiger partial charge in [-0.25, -0.2) is 0 Å². The van der Waals surface area contributed by atoms with Gasteiger partial charge in [-0.05, 0) is 61.7 Å². The number of amides is 1. The van der Waals surface area contributed by atoms with Crippen molar-refractivity contribution in [3.05, 3.63) is 52.0 Å². The Morgan fingerprint density at radius 2 is 1.69 bits per heavy atom. The third-order valence-electron chi connectivity index (χ3n) is 4.06. The molecule has 1 N–H and O–H groups in total. The molecule has 0 aliphatic carbocycles. The van der Waals surface area contributed by atoms with Gasteiger partial charge < -0.3 is 19.5 Å². The summed E-state index contributed by atoms with van der Waals surface area (Å²) in [5.41, 5.74) is 2.75. The fourth-order valence-corrected chi connectivity index (χ4v) is 2.74. The average Bonchev–Trinajstić information content (AvgIpc) is 2.63. The second-order valence-corrected chi connectivity index (χ2v) is 6.44. The number of hydrogen-bond acceptors (Lipinski definition) is 4. The number of carbonyl (C=O) groups excluding carboxylic acids is 1. The van der Waals surface area contributed by atoms with Crippen LogP contribution >= 0.6 is 11.6 Å². The van der Waals surface area contributed by atoms with E-state index in [4.69, 9.17) is 25.8 Å². The molecule has 0 aliphatic heterocycles. The van der Waals surface area contributed by atoms with Crippen LogP contribution in [0.25, 0.3) is 0 Å². The van der Waals surface area contributed by atoms with Crippen LogP contribution in [0, 0.1) is 13.8 Å². The molecule has 0 heterocycles. The Hall–Kier alpha value is -2.40. The molecule has 26 heavy (non-hydrogen) atoms. The number of nitrogens with one attached hydrogen (secondary N) is 1. The summed E-state index contributed by atoms with van der Waals surface area (Å²) in [4.78, 5) is 12.2. The van der Waals surface area contributed by atoms with Crippen molar-refractivity contribution >= 4 is 17.5 Å². The van der Waals surface area contributed by atoms with Crippen LogP contribution in [0.4, 0.5) is 0 Å². The van der Waals surface area contributed by atoms with E-state index >= 15 is 0 Å². The van der Waals surface area contributed by atoms with E-state index in [0.717, 1.165) is 16.7 Å². The Kier molecular flexibility index (Phi) is 6.75. The minimum atomic E-state index is -0.211. The van der Waals surface area contributed by atoms with Crippen molar-refractivity contribution in [3.8, 4) is 17.2 Å². The maximum atomic E-state index is 12.2. The third-order valence-corrected chi connectivity index (χ3v) is 4.66. The molecule has 1 amide bonds. The van der Waals surface area contributed by atoms with E-state index in [1.54, 1.807) is 14.2 Å². The minimum Gasteiger partial charge on any atom is -0.493 e. The van der Waals surface area contributed by atoms with Crippen LogP contribution in [-0.2, 0) is 4.79 Å². The Morgan fingerprint density at radius 1 is 1.08 bits per heavy atom. The van der Waals surface area contributed by atoms with E-state index in [2.05, 4.69) is 5.32 Å². The summed E-state index contributed by atoms with van der Waals surface area (Å²) in [6.07, 6.45) is 0. The maximum absolute atomic E-state index is 12.2. The molecule has 140 valence electrons. The summed E-state index contributed by atoms with van der Waals surface area (Å²) < 4.78 is 16.1. The molecule has 5 nitrogen and oxygen atoms in total. The van der Waals surface area contributed by atoms with Crippen LogP contribution in [0.2, 0.25) is 5.02 Å². The Morgan fingerprint density at radius 3 is 2.27 bits per heavy atom. The fraction of sp³-hybridized carbons (Fsp3) is 0.350. The van der Waals surface area contributed by atoms with Gasteiger partial charge in [0.15, 0.2) is 18.1 Å². The van der Waals surface area contributed by atoms with Crippen molar-refractivity contribution in [1.29, 1.82) is 0 Å². The van der Waals surface area contributed by atoms with Gasteiger partial charge in [-0.15, -0.1) is 0 Å². The van der Waals surface area contributed by atoms with E-state index in [9.17, 15) is 4.79 Å². The SMILES string of the molecule is COc1ccc([C@@H](C)NC(=O)COc2cc(C)c(Cl)c(C)c2)cc1OC. The van der Waals surface area contributed by atoms with Crippen LogP contribution in [0.3, 0.4) is 0 Å². The first kappa shape index (κ1) is 19.9. The van der Waals surface area contributed by atoms with E-state index in [-0.39, 0.29) is 18.6 Å². The highest BCUT2D eigenvalue weighted by molar-refractivity contribution is 6.32. The third kappa shape index (κ3) is 4.82. The van der Waals surface area contributed by atoms with Gasteiger partial charge in [-0.1, -0.05) is 17.7 Å². The van der Waals surface area contributed by atoms with Crippen LogP contribution in [0.15, 0.2) is 30.3 Å². The smallest absolute Gasteiger partial charge is 0.258 e. The average molecular weight is 378 g/mol. The number of carbonyl (C=O) groups is 1. The van der Waals surface area contributed by atoms with E-state index < -0.39 is 0 Å². The van der Waals surface area contributed by atoms with Crippen molar-refractivity contribution in [3.63, 3.8) is 0 Å². The summed E-state index contributed by atoms with van der Waals surface area (Å²) in [7, 11) is 3.16. The summed E-state index contributed by atoms with van der Waals surface area (Å²) in [6.45, 7) is 5.64. The topological polar surface area (TPSA) is 56.8 Å². The van der Waals surface area contributed by atoms with Crippen molar-refractivity contribution in [2.45, 2.75) is 26.8 Å². The molecule has 0 radical (unpaired) electrons. The van der Waals surface area contributed by atoms with Gasteiger partial charge >= 0.3 is 0 Å². The van der Waals surface area contributed by atoms with Gasteiger partial charge in [0.25, 0.3) is 5.91 Å². The number of ether oxygens (including phenoxy) is 3. The predicted octanol–water partition coefficient (Wildman–Crippen LogP) is 4.23. The lowest BCUT2D eigenvalue weighted by molar-refractivity contribution is -0.123. The molecular weight excluding hydrogens is 354 g/mol. The Bertz CT molecular complexity index is 768. The molecular formula is C20H24ClNO4. The number of aryl methyl sites for hydroxylation is 2. The highest BCUT2D eigenvalue weighted by Crippen LogP contribution is 2.30. The second-order valence-electron chi connectivity index (χ2n) is 6.06. The molecule has 2 rings (SSSR count). The molecule has 0 saturated carbocycles. The lowest BCUT2D eigenvalue weighted by Gasteiger charge is -2.17. The molecule has 0 fully saturated rings. The van der Waals surface area contributed by atoms with Crippen molar-refractivity contribution in [2.75, 3.05) is 20.8 Å². The number of methoxy groups -OCH3 is 2. The van der Waals surface area contributed by atoms with Crippen LogP contribution in [0.5, 0.6) is 17.2 Å². The predicted molar refractivity (Wildman–Crippen MR) is 103 cm³/mol. The van der Waals surface area contributed by atoms with E-state index in [0.29, 0.717) is 22.3 Å². The first-order chi connectivity index (χ1) is 12.3. The summed E-state index contributed by atoms with van der Waals surface area (Å²) in [6, 6.07) is 8.99. The zero-order chi connectivity index (χ0) is 19.3. The normalized spacial score (nSPS) is 11.6.